The number of nitrogens with zero attached hydrogens (tertiary/aromatic N) is 1. The van der Waals surface area contributed by atoms with Gasteiger partial charge in [0.2, 0.25) is 0 Å². The van der Waals surface area contributed by atoms with E-state index in [-0.39, 0.29) is 0 Å². The number of likely N-dealkylation sites (N-methyl/N-ethyl adjacent to an activating group) is 1. The average molecular weight is 361 g/mol. The molecule has 0 spiro atoms. The fraction of sp³-hybridized carbons (Fsp3) is 1.00. The van der Waals surface area contributed by atoms with Crippen LogP contribution in [0.3, 0.4) is 0 Å². The molecule has 0 N–H and O–H groups in total. The third kappa shape index (κ3) is 20.0. The van der Waals surface area contributed by atoms with Crippen LogP contribution in [0.1, 0.15) is 71.1 Å². The zero-order valence-electron chi connectivity index (χ0n) is 17.7. The summed E-state index contributed by atoms with van der Waals surface area (Å²) in [5.74, 6) is 0. The lowest BCUT2D eigenvalue weighted by molar-refractivity contribution is -0.891. The van der Waals surface area contributed by atoms with E-state index in [1.54, 1.807) is 7.11 Å². The van der Waals surface area contributed by atoms with E-state index in [1.165, 1.54) is 70.8 Å². The van der Waals surface area contributed by atoms with Gasteiger partial charge in [-0.1, -0.05) is 58.3 Å². The van der Waals surface area contributed by atoms with Crippen molar-refractivity contribution in [1.82, 2.24) is 0 Å². The van der Waals surface area contributed by atoms with E-state index in [0.29, 0.717) is 26.4 Å². The first-order valence-corrected chi connectivity index (χ1v) is 10.6. The van der Waals surface area contributed by atoms with Crippen molar-refractivity contribution in [3.8, 4) is 0 Å². The molecule has 152 valence electrons. The van der Waals surface area contributed by atoms with E-state index in [9.17, 15) is 0 Å². The van der Waals surface area contributed by atoms with Crippen LogP contribution in [0.2, 0.25) is 0 Å². The van der Waals surface area contributed by atoms with Gasteiger partial charge in [-0.05, 0) is 12.8 Å². The minimum Gasteiger partial charge on any atom is -0.382 e. The van der Waals surface area contributed by atoms with Gasteiger partial charge in [-0.25, -0.2) is 0 Å². The van der Waals surface area contributed by atoms with E-state index >= 15 is 0 Å². The Labute approximate surface area is 157 Å². The van der Waals surface area contributed by atoms with Gasteiger partial charge in [-0.15, -0.1) is 0 Å². The van der Waals surface area contributed by atoms with Gasteiger partial charge in [0.25, 0.3) is 0 Å². The van der Waals surface area contributed by atoms with Crippen LogP contribution < -0.4 is 0 Å². The molecule has 0 atom stereocenters. The van der Waals surface area contributed by atoms with Gasteiger partial charge in [-0.2, -0.15) is 0 Å². The number of quaternary nitrogens is 1. The molecule has 0 heterocycles. The summed E-state index contributed by atoms with van der Waals surface area (Å²) in [5, 5.41) is 0. The Bertz CT molecular complexity index is 260. The lowest BCUT2D eigenvalue weighted by atomic mass is 10.1. The topological polar surface area (TPSA) is 27.7 Å². The normalized spacial score (nSPS) is 12.0. The molecule has 4 nitrogen and oxygen atoms in total. The molecule has 0 aromatic carbocycles. The standard InChI is InChI=1S/C21H46NO3/c1-5-6-7-8-9-10-11-12-13-14-15-22(2,3)16-17-24-20-21-25-19-18-23-4/h5-21H2,1-4H3/q+1. The molecule has 4 heteroatoms. The summed E-state index contributed by atoms with van der Waals surface area (Å²) in [4.78, 5) is 0. The number of hydrogen-bond acceptors (Lipinski definition) is 3. The zero-order valence-corrected chi connectivity index (χ0v) is 17.7. The van der Waals surface area contributed by atoms with Gasteiger partial charge in [0.05, 0.1) is 53.7 Å². The Kier molecular flexibility index (Phi) is 18.5. The van der Waals surface area contributed by atoms with Crippen molar-refractivity contribution in [2.45, 2.75) is 71.1 Å². The molecule has 0 unspecified atom stereocenters. The molecule has 0 amide bonds. The molecule has 0 bridgehead atoms. The van der Waals surface area contributed by atoms with Crippen molar-refractivity contribution in [1.29, 1.82) is 0 Å². The molecule has 0 aromatic heterocycles. The summed E-state index contributed by atoms with van der Waals surface area (Å²) in [6, 6.07) is 0. The summed E-state index contributed by atoms with van der Waals surface area (Å²) >= 11 is 0. The number of hydrogen-bond donors (Lipinski definition) is 0. The van der Waals surface area contributed by atoms with Crippen LogP contribution in [0.4, 0.5) is 0 Å². The molecular weight excluding hydrogens is 314 g/mol. The summed E-state index contributed by atoms with van der Waals surface area (Å²) in [5.41, 5.74) is 0. The Morgan fingerprint density at radius 3 is 1.60 bits per heavy atom. The van der Waals surface area contributed by atoms with Crippen molar-refractivity contribution in [3.05, 3.63) is 0 Å². The Balaban J connectivity index is 3.32. The third-order valence-corrected chi connectivity index (χ3v) is 4.76. The van der Waals surface area contributed by atoms with E-state index in [1.807, 2.05) is 0 Å². The van der Waals surface area contributed by atoms with Crippen molar-refractivity contribution in [2.75, 3.05) is 67.3 Å². The predicted molar refractivity (Wildman–Crippen MR) is 107 cm³/mol. The highest BCUT2D eigenvalue weighted by Crippen LogP contribution is 2.11. The molecule has 0 radical (unpaired) electrons. The van der Waals surface area contributed by atoms with Crippen molar-refractivity contribution >= 4 is 0 Å². The third-order valence-electron chi connectivity index (χ3n) is 4.76. The first-order chi connectivity index (χ1) is 12.1. The Morgan fingerprint density at radius 1 is 0.560 bits per heavy atom. The predicted octanol–water partition coefficient (Wildman–Crippen LogP) is 4.66. The van der Waals surface area contributed by atoms with E-state index in [4.69, 9.17) is 14.2 Å². The van der Waals surface area contributed by atoms with Gasteiger partial charge in [0.1, 0.15) is 6.54 Å². The molecule has 0 aliphatic carbocycles. The maximum absolute atomic E-state index is 5.67. The van der Waals surface area contributed by atoms with Gasteiger partial charge in [0.15, 0.2) is 0 Å². The zero-order chi connectivity index (χ0) is 18.6. The maximum Gasteiger partial charge on any atom is 0.102 e. The Morgan fingerprint density at radius 2 is 1.04 bits per heavy atom. The van der Waals surface area contributed by atoms with Gasteiger partial charge >= 0.3 is 0 Å². The average Bonchev–Trinajstić information content (AvgIpc) is 2.59. The summed E-state index contributed by atoms with van der Waals surface area (Å²) < 4.78 is 17.0. The van der Waals surface area contributed by atoms with Crippen molar-refractivity contribution < 1.29 is 18.7 Å². The highest BCUT2D eigenvalue weighted by Gasteiger charge is 2.13. The van der Waals surface area contributed by atoms with Gasteiger partial charge < -0.3 is 18.7 Å². The fourth-order valence-corrected chi connectivity index (χ4v) is 2.91. The second-order valence-corrected chi connectivity index (χ2v) is 7.78. The number of ether oxygens (including phenoxy) is 3. The number of unbranched alkanes of at least 4 members (excludes halogenated alkanes) is 9. The lowest BCUT2D eigenvalue weighted by Gasteiger charge is -2.29. The van der Waals surface area contributed by atoms with Crippen LogP contribution >= 0.6 is 0 Å². The van der Waals surface area contributed by atoms with Crippen molar-refractivity contribution in [3.63, 3.8) is 0 Å². The molecule has 0 aliphatic rings. The van der Waals surface area contributed by atoms with Crippen molar-refractivity contribution in [2.24, 2.45) is 0 Å². The van der Waals surface area contributed by atoms with Crippen LogP contribution in [0.15, 0.2) is 0 Å². The molecule has 0 fully saturated rings. The van der Waals surface area contributed by atoms with E-state index < -0.39 is 0 Å². The van der Waals surface area contributed by atoms with Crippen LogP contribution in [0.5, 0.6) is 0 Å². The van der Waals surface area contributed by atoms with Crippen LogP contribution in [-0.2, 0) is 14.2 Å². The summed E-state index contributed by atoms with van der Waals surface area (Å²) in [6.07, 6.45) is 14.1. The first kappa shape index (κ1) is 24.8. The van der Waals surface area contributed by atoms with E-state index in [2.05, 4.69) is 21.0 Å². The quantitative estimate of drug-likeness (QED) is 0.233. The van der Waals surface area contributed by atoms with Crippen LogP contribution in [-0.4, -0.2) is 71.8 Å². The molecule has 0 saturated heterocycles. The van der Waals surface area contributed by atoms with Gasteiger partial charge in [0, 0.05) is 7.11 Å². The molecule has 25 heavy (non-hydrogen) atoms. The molecule has 0 rings (SSSR count). The fourth-order valence-electron chi connectivity index (χ4n) is 2.91. The minimum absolute atomic E-state index is 0.653. The maximum atomic E-state index is 5.67. The first-order valence-electron chi connectivity index (χ1n) is 10.6. The molecular formula is C21H46NO3+. The SMILES string of the molecule is CCCCCCCCCCCC[N+](C)(C)CCOCCOCCOC. The minimum atomic E-state index is 0.653. The van der Waals surface area contributed by atoms with Gasteiger partial charge in [-0.3, -0.25) is 0 Å². The lowest BCUT2D eigenvalue weighted by Crippen LogP contribution is -2.43. The number of methoxy groups -OCH3 is 1. The van der Waals surface area contributed by atoms with E-state index in [0.717, 1.165) is 17.6 Å². The number of rotatable bonds is 20. The van der Waals surface area contributed by atoms with Crippen LogP contribution in [0.25, 0.3) is 0 Å². The summed E-state index contributed by atoms with van der Waals surface area (Å²) in [6.45, 7) is 8.09. The molecule has 0 saturated carbocycles. The second-order valence-electron chi connectivity index (χ2n) is 7.78. The highest BCUT2D eigenvalue weighted by molar-refractivity contribution is 4.48. The van der Waals surface area contributed by atoms with Crippen LogP contribution in [0, 0.1) is 0 Å². The highest BCUT2D eigenvalue weighted by atomic mass is 16.5. The smallest absolute Gasteiger partial charge is 0.102 e. The Hall–Kier alpha value is -0.160. The molecule has 0 aromatic rings. The largest absolute Gasteiger partial charge is 0.382 e. The monoisotopic (exact) mass is 360 g/mol. The molecule has 0 aliphatic heterocycles. The summed E-state index contributed by atoms with van der Waals surface area (Å²) in [7, 11) is 6.31. The second kappa shape index (κ2) is 18.6.